The quantitative estimate of drug-likeness (QED) is 0.601. The van der Waals surface area contributed by atoms with E-state index >= 15 is 0 Å². The molecule has 30 heavy (non-hydrogen) atoms. The Morgan fingerprint density at radius 3 is 2.67 bits per heavy atom. The lowest BCUT2D eigenvalue weighted by Crippen LogP contribution is -2.25. The minimum atomic E-state index is -1.81. The molecule has 0 saturated carbocycles. The molecule has 8 nitrogen and oxygen atoms in total. The summed E-state index contributed by atoms with van der Waals surface area (Å²) in [5.74, 6) is -0.288. The highest BCUT2D eigenvalue weighted by molar-refractivity contribution is 7.84. The van der Waals surface area contributed by atoms with Crippen LogP contribution in [0.15, 0.2) is 45.6 Å². The molecule has 0 radical (unpaired) electrons. The highest BCUT2D eigenvalue weighted by Crippen LogP contribution is 2.26. The summed E-state index contributed by atoms with van der Waals surface area (Å²) >= 11 is -1.81. The second-order valence-electron chi connectivity index (χ2n) is 6.80. The van der Waals surface area contributed by atoms with Crippen LogP contribution < -0.4 is 20.2 Å². The van der Waals surface area contributed by atoms with Crippen LogP contribution in [-0.4, -0.2) is 29.3 Å². The third kappa shape index (κ3) is 4.66. The van der Waals surface area contributed by atoms with E-state index < -0.39 is 28.7 Å². The number of hydrogen-bond acceptors (Lipinski definition) is 5. The largest absolute Gasteiger partial charge is 0.422 e. The Balaban J connectivity index is 1.99. The molecule has 3 N–H and O–H groups in total. The van der Waals surface area contributed by atoms with E-state index in [2.05, 4.69) is 4.72 Å². The van der Waals surface area contributed by atoms with Gasteiger partial charge in [-0.2, -0.15) is 0 Å². The van der Waals surface area contributed by atoms with Crippen LogP contribution in [-0.2, 0) is 17.6 Å². The summed E-state index contributed by atoms with van der Waals surface area (Å²) in [6, 6.07) is 8.75. The van der Waals surface area contributed by atoms with Crippen molar-refractivity contribution < 1.29 is 22.5 Å². The summed E-state index contributed by atoms with van der Waals surface area (Å²) in [6.07, 6.45) is -0.590. The van der Waals surface area contributed by atoms with Gasteiger partial charge in [-0.05, 0) is 48.4 Å². The fourth-order valence-corrected chi connectivity index (χ4v) is 3.27. The highest BCUT2D eigenvalue weighted by Gasteiger charge is 2.16. The molecule has 0 spiro atoms. The molecule has 0 aliphatic rings. The van der Waals surface area contributed by atoms with E-state index in [1.807, 2.05) is 0 Å². The van der Waals surface area contributed by atoms with Crippen LogP contribution in [0.2, 0.25) is 0 Å². The third-order valence-electron chi connectivity index (χ3n) is 4.46. The van der Waals surface area contributed by atoms with Crippen LogP contribution in [0.1, 0.15) is 16.7 Å². The highest BCUT2D eigenvalue weighted by atomic mass is 32.2. The van der Waals surface area contributed by atoms with Crippen molar-refractivity contribution in [1.29, 1.82) is 0 Å². The van der Waals surface area contributed by atoms with Crippen molar-refractivity contribution in [3.8, 4) is 5.75 Å². The number of nitrogens with one attached hydrogen (secondary N) is 1. The lowest BCUT2D eigenvalue weighted by Gasteiger charge is -2.12. The topological polar surface area (TPSA) is 115 Å². The number of hydrogen-bond donors (Lipinski definition) is 2. The number of fused-ring (bicyclic) bond motifs is 1. The maximum absolute atomic E-state index is 14.3. The average Bonchev–Trinajstić information content (AvgIpc) is 2.66. The van der Waals surface area contributed by atoms with Crippen LogP contribution in [0.3, 0.4) is 0 Å². The number of nitrogens with zero attached hydrogens (tertiary/aromatic N) is 1. The first-order valence-corrected chi connectivity index (χ1v) is 10.0. The van der Waals surface area contributed by atoms with Crippen molar-refractivity contribution in [3.63, 3.8) is 0 Å². The standard InChI is InChI=1S/C20H20FN3O5S/c1-11-15-6-5-14(28-20(26)24(2)3)10-18(15)29-19(25)16(11)9-12-8-13(23-30(22)27)4-7-17(12)21/h4-8,10,23H,9,22H2,1-3H3. The first-order chi connectivity index (χ1) is 14.2. The Morgan fingerprint density at radius 2 is 2.00 bits per heavy atom. The molecule has 158 valence electrons. The van der Waals surface area contributed by atoms with Gasteiger partial charge in [-0.25, -0.2) is 23.3 Å². The molecule has 2 aromatic carbocycles. The van der Waals surface area contributed by atoms with Gasteiger partial charge in [-0.3, -0.25) is 4.72 Å². The van der Waals surface area contributed by atoms with Gasteiger partial charge in [0, 0.05) is 43.2 Å². The SMILES string of the molecule is Cc1c(Cc2cc(NS(N)=O)ccc2F)c(=O)oc2cc(OC(=O)N(C)C)ccc12. The number of halogens is 1. The number of nitrogens with two attached hydrogens (primary N) is 1. The van der Waals surface area contributed by atoms with Crippen molar-refractivity contribution in [2.75, 3.05) is 18.8 Å². The Labute approximate surface area is 174 Å². The zero-order valence-electron chi connectivity index (χ0n) is 16.5. The molecule has 0 saturated heterocycles. The molecule has 3 aromatic rings. The molecule has 3 rings (SSSR count). The minimum absolute atomic E-state index is 0.0277. The fraction of sp³-hybridized carbons (Fsp3) is 0.200. The Kier molecular flexibility index (Phi) is 6.18. The van der Waals surface area contributed by atoms with Crippen LogP contribution in [0.5, 0.6) is 5.75 Å². The molecule has 1 amide bonds. The minimum Gasteiger partial charge on any atom is -0.422 e. The summed E-state index contributed by atoms with van der Waals surface area (Å²) in [4.78, 5) is 25.6. The molecule has 1 unspecified atom stereocenters. The van der Waals surface area contributed by atoms with Gasteiger partial charge in [0.15, 0.2) is 11.2 Å². The summed E-state index contributed by atoms with van der Waals surface area (Å²) in [5, 5.41) is 5.83. The van der Waals surface area contributed by atoms with Crippen LogP contribution in [0.25, 0.3) is 11.0 Å². The van der Waals surface area contributed by atoms with Gasteiger partial charge in [0.2, 0.25) is 0 Å². The number of aryl methyl sites for hydroxylation is 1. The number of anilines is 1. The monoisotopic (exact) mass is 433 g/mol. The maximum Gasteiger partial charge on any atom is 0.414 e. The zero-order chi connectivity index (χ0) is 22.0. The maximum atomic E-state index is 14.3. The van der Waals surface area contributed by atoms with Gasteiger partial charge in [0.25, 0.3) is 0 Å². The van der Waals surface area contributed by atoms with E-state index in [-0.39, 0.29) is 28.9 Å². The lowest BCUT2D eigenvalue weighted by molar-refractivity contribution is 0.172. The van der Waals surface area contributed by atoms with Crippen molar-refractivity contribution in [2.45, 2.75) is 13.3 Å². The number of amides is 1. The molecule has 0 aliphatic carbocycles. The Hall–Kier alpha value is -3.24. The second-order valence-corrected chi connectivity index (χ2v) is 7.59. The van der Waals surface area contributed by atoms with E-state index in [1.165, 1.54) is 29.2 Å². The Morgan fingerprint density at radius 1 is 1.27 bits per heavy atom. The van der Waals surface area contributed by atoms with Crippen molar-refractivity contribution in [2.24, 2.45) is 5.14 Å². The molecule has 1 aromatic heterocycles. The van der Waals surface area contributed by atoms with Crippen LogP contribution in [0.4, 0.5) is 14.9 Å². The first kappa shape index (κ1) is 21.5. The zero-order valence-corrected chi connectivity index (χ0v) is 17.3. The van der Waals surface area contributed by atoms with Crippen molar-refractivity contribution >= 4 is 33.9 Å². The third-order valence-corrected chi connectivity index (χ3v) is 4.90. The van der Waals surface area contributed by atoms with Gasteiger partial charge in [-0.15, -0.1) is 0 Å². The van der Waals surface area contributed by atoms with E-state index in [0.29, 0.717) is 16.6 Å². The molecular formula is C20H20FN3O5S. The van der Waals surface area contributed by atoms with Crippen molar-refractivity contribution in [1.82, 2.24) is 4.90 Å². The molecule has 1 heterocycles. The molecular weight excluding hydrogens is 413 g/mol. The van der Waals surface area contributed by atoms with E-state index in [0.717, 1.165) is 0 Å². The van der Waals surface area contributed by atoms with Gasteiger partial charge < -0.3 is 14.1 Å². The molecule has 10 heteroatoms. The summed E-state index contributed by atoms with van der Waals surface area (Å²) < 4.78 is 38.5. The number of rotatable bonds is 5. The number of benzene rings is 2. The van der Waals surface area contributed by atoms with Crippen molar-refractivity contribution in [3.05, 3.63) is 69.3 Å². The van der Waals surface area contributed by atoms with Crippen LogP contribution >= 0.6 is 0 Å². The lowest BCUT2D eigenvalue weighted by atomic mass is 9.99. The van der Waals surface area contributed by atoms with Crippen LogP contribution in [0, 0.1) is 12.7 Å². The summed E-state index contributed by atoms with van der Waals surface area (Å²) in [7, 11) is 3.10. The fourth-order valence-electron chi connectivity index (χ4n) is 2.91. The predicted molar refractivity (Wildman–Crippen MR) is 112 cm³/mol. The van der Waals surface area contributed by atoms with Gasteiger partial charge in [0.1, 0.15) is 17.1 Å². The molecule has 0 fully saturated rings. The molecule has 1 atom stereocenters. The molecule has 0 bridgehead atoms. The van der Waals surface area contributed by atoms with E-state index in [1.54, 1.807) is 33.2 Å². The van der Waals surface area contributed by atoms with Gasteiger partial charge in [0.05, 0.1) is 0 Å². The Bertz CT molecular complexity index is 1210. The summed E-state index contributed by atoms with van der Waals surface area (Å²) in [6.45, 7) is 1.73. The number of ether oxygens (including phenoxy) is 1. The predicted octanol–water partition coefficient (Wildman–Crippen LogP) is 2.84. The number of carbonyl (C=O) groups excluding carboxylic acids is 1. The normalized spacial score (nSPS) is 11.9. The molecule has 0 aliphatic heterocycles. The summed E-state index contributed by atoms with van der Waals surface area (Å²) in [5.41, 5.74) is 1.10. The number of carbonyl (C=O) groups is 1. The average molecular weight is 433 g/mol. The van der Waals surface area contributed by atoms with Gasteiger partial charge >= 0.3 is 11.7 Å². The first-order valence-electron chi connectivity index (χ1n) is 8.82. The van der Waals surface area contributed by atoms with Gasteiger partial charge in [-0.1, -0.05) is 0 Å². The second kappa shape index (κ2) is 8.64. The smallest absolute Gasteiger partial charge is 0.414 e. The van der Waals surface area contributed by atoms with E-state index in [9.17, 15) is 18.2 Å². The van der Waals surface area contributed by atoms with E-state index in [4.69, 9.17) is 14.3 Å².